The molecule has 4 nitrogen and oxygen atoms in total. The fourth-order valence-electron chi connectivity index (χ4n) is 1.83. The first kappa shape index (κ1) is 9.65. The van der Waals surface area contributed by atoms with Crippen LogP contribution >= 0.6 is 0 Å². The van der Waals surface area contributed by atoms with Crippen LogP contribution in [0.3, 0.4) is 0 Å². The van der Waals surface area contributed by atoms with Gasteiger partial charge in [0.05, 0.1) is 0 Å². The van der Waals surface area contributed by atoms with Crippen molar-refractivity contribution in [2.45, 2.75) is 45.7 Å². The van der Waals surface area contributed by atoms with E-state index in [1.54, 1.807) is 0 Å². The molecule has 2 N–H and O–H groups in total. The summed E-state index contributed by atoms with van der Waals surface area (Å²) < 4.78 is 2.01. The monoisotopic (exact) mass is 194 g/mol. The normalized spacial score (nSPS) is 21.3. The lowest BCUT2D eigenvalue weighted by Gasteiger charge is -2.17. The van der Waals surface area contributed by atoms with Gasteiger partial charge in [-0.25, -0.2) is 9.67 Å². The maximum absolute atomic E-state index is 5.88. The minimum absolute atomic E-state index is 0.276. The molecular weight excluding hydrogens is 176 g/mol. The molecular formula is C10H18N4. The van der Waals surface area contributed by atoms with Crippen molar-refractivity contribution < 1.29 is 0 Å². The van der Waals surface area contributed by atoms with Crippen molar-refractivity contribution in [3.8, 4) is 0 Å². The Morgan fingerprint density at radius 1 is 1.57 bits per heavy atom. The van der Waals surface area contributed by atoms with E-state index in [2.05, 4.69) is 23.9 Å². The maximum Gasteiger partial charge on any atom is 0.151 e. The third kappa shape index (κ3) is 1.95. The largest absolute Gasteiger partial charge is 0.327 e. The van der Waals surface area contributed by atoms with Crippen LogP contribution in [0.2, 0.25) is 0 Å². The zero-order chi connectivity index (χ0) is 10.1. The smallest absolute Gasteiger partial charge is 0.151 e. The van der Waals surface area contributed by atoms with Gasteiger partial charge in [-0.05, 0) is 12.3 Å². The zero-order valence-electron chi connectivity index (χ0n) is 8.90. The van der Waals surface area contributed by atoms with Crippen LogP contribution in [0.4, 0.5) is 0 Å². The highest BCUT2D eigenvalue weighted by atomic mass is 15.4. The number of nitrogens with two attached hydrogens (primary N) is 1. The number of rotatable bonds is 2. The van der Waals surface area contributed by atoms with Gasteiger partial charge in [-0.3, -0.25) is 0 Å². The summed E-state index contributed by atoms with van der Waals surface area (Å²) >= 11 is 0. The summed E-state index contributed by atoms with van der Waals surface area (Å²) in [6.45, 7) is 5.30. The standard InChI is InChI=1S/C10H18N4/c1-7(2)5-9-12-10-6-8(11)3-4-14(10)13-9/h7-8H,3-6,11H2,1-2H3. The molecule has 1 unspecified atom stereocenters. The topological polar surface area (TPSA) is 56.7 Å². The number of hydrogen-bond acceptors (Lipinski definition) is 3. The molecule has 0 fully saturated rings. The molecule has 1 aliphatic heterocycles. The molecule has 1 aliphatic rings. The van der Waals surface area contributed by atoms with Crippen molar-refractivity contribution >= 4 is 0 Å². The second-order valence-electron chi connectivity index (χ2n) is 4.52. The summed E-state index contributed by atoms with van der Waals surface area (Å²) in [6.07, 6.45) is 2.87. The van der Waals surface area contributed by atoms with Gasteiger partial charge in [0, 0.05) is 25.4 Å². The van der Waals surface area contributed by atoms with Crippen molar-refractivity contribution in [3.05, 3.63) is 11.6 Å². The first-order chi connectivity index (χ1) is 6.65. The van der Waals surface area contributed by atoms with Crippen LogP contribution in [-0.4, -0.2) is 20.8 Å². The van der Waals surface area contributed by atoms with Crippen LogP contribution in [0.1, 0.15) is 31.9 Å². The van der Waals surface area contributed by atoms with Crippen LogP contribution in [0, 0.1) is 5.92 Å². The molecule has 0 spiro atoms. The van der Waals surface area contributed by atoms with Crippen molar-refractivity contribution in [1.29, 1.82) is 0 Å². The van der Waals surface area contributed by atoms with E-state index in [4.69, 9.17) is 5.73 Å². The average molecular weight is 194 g/mol. The molecule has 0 aliphatic carbocycles. The van der Waals surface area contributed by atoms with Crippen LogP contribution in [0.15, 0.2) is 0 Å². The molecule has 1 aromatic heterocycles. The van der Waals surface area contributed by atoms with Crippen molar-refractivity contribution in [2.75, 3.05) is 0 Å². The molecule has 78 valence electrons. The number of hydrogen-bond donors (Lipinski definition) is 1. The molecule has 0 saturated carbocycles. The first-order valence-electron chi connectivity index (χ1n) is 5.33. The number of aromatic nitrogens is 3. The van der Waals surface area contributed by atoms with E-state index in [9.17, 15) is 0 Å². The van der Waals surface area contributed by atoms with E-state index < -0.39 is 0 Å². The lowest BCUT2D eigenvalue weighted by atomic mass is 10.1. The highest BCUT2D eigenvalue weighted by molar-refractivity contribution is 4.99. The van der Waals surface area contributed by atoms with Crippen molar-refractivity contribution in [3.63, 3.8) is 0 Å². The Kier molecular flexibility index (Phi) is 2.54. The van der Waals surface area contributed by atoms with E-state index >= 15 is 0 Å². The number of aryl methyl sites for hydroxylation is 1. The van der Waals surface area contributed by atoms with Gasteiger partial charge in [-0.1, -0.05) is 13.8 Å². The zero-order valence-corrected chi connectivity index (χ0v) is 8.90. The molecule has 0 aromatic carbocycles. The third-order valence-corrected chi connectivity index (χ3v) is 2.54. The molecule has 2 heterocycles. The van der Waals surface area contributed by atoms with Crippen molar-refractivity contribution in [2.24, 2.45) is 11.7 Å². The Morgan fingerprint density at radius 2 is 2.36 bits per heavy atom. The minimum Gasteiger partial charge on any atom is -0.327 e. The summed E-state index contributed by atoms with van der Waals surface area (Å²) in [5.41, 5.74) is 5.88. The Balaban J connectivity index is 2.15. The molecule has 1 aromatic rings. The summed E-state index contributed by atoms with van der Waals surface area (Å²) in [5.74, 6) is 2.66. The van der Waals surface area contributed by atoms with Crippen LogP contribution in [0.25, 0.3) is 0 Å². The number of fused-ring (bicyclic) bond motifs is 1. The SMILES string of the molecule is CC(C)Cc1nc2n(n1)CCC(N)C2. The maximum atomic E-state index is 5.88. The van der Waals surface area contributed by atoms with Gasteiger partial charge in [-0.2, -0.15) is 5.10 Å². The van der Waals surface area contributed by atoms with E-state index in [1.165, 1.54) is 0 Å². The van der Waals surface area contributed by atoms with Gasteiger partial charge in [0.1, 0.15) is 5.82 Å². The van der Waals surface area contributed by atoms with E-state index in [0.29, 0.717) is 5.92 Å². The molecule has 1 atom stereocenters. The van der Waals surface area contributed by atoms with Crippen LogP contribution in [-0.2, 0) is 19.4 Å². The van der Waals surface area contributed by atoms with Gasteiger partial charge in [0.25, 0.3) is 0 Å². The molecule has 0 bridgehead atoms. The molecule has 4 heteroatoms. The van der Waals surface area contributed by atoms with Gasteiger partial charge in [-0.15, -0.1) is 0 Å². The van der Waals surface area contributed by atoms with Gasteiger partial charge in [0.2, 0.25) is 0 Å². The second kappa shape index (κ2) is 3.69. The predicted octanol–water partition coefficient (Wildman–Crippen LogP) is 0.750. The van der Waals surface area contributed by atoms with E-state index in [-0.39, 0.29) is 6.04 Å². The predicted molar refractivity (Wildman–Crippen MR) is 54.9 cm³/mol. The van der Waals surface area contributed by atoms with Gasteiger partial charge < -0.3 is 5.73 Å². The summed E-state index contributed by atoms with van der Waals surface area (Å²) in [5, 5.41) is 4.48. The van der Waals surface area contributed by atoms with E-state index in [0.717, 1.165) is 37.5 Å². The van der Waals surface area contributed by atoms with Crippen LogP contribution in [0.5, 0.6) is 0 Å². The quantitative estimate of drug-likeness (QED) is 0.756. The summed E-state index contributed by atoms with van der Waals surface area (Å²) in [6, 6.07) is 0.276. The average Bonchev–Trinajstić information content (AvgIpc) is 2.44. The van der Waals surface area contributed by atoms with Crippen molar-refractivity contribution in [1.82, 2.24) is 14.8 Å². The van der Waals surface area contributed by atoms with Gasteiger partial charge >= 0.3 is 0 Å². The Hall–Kier alpha value is -0.900. The second-order valence-corrected chi connectivity index (χ2v) is 4.52. The van der Waals surface area contributed by atoms with Crippen LogP contribution < -0.4 is 5.73 Å². The Bertz CT molecular complexity index is 316. The minimum atomic E-state index is 0.276. The number of nitrogens with zero attached hydrogens (tertiary/aromatic N) is 3. The molecule has 0 saturated heterocycles. The lowest BCUT2D eigenvalue weighted by Crippen LogP contribution is -2.31. The highest BCUT2D eigenvalue weighted by Gasteiger charge is 2.19. The Morgan fingerprint density at radius 3 is 3.07 bits per heavy atom. The molecule has 0 radical (unpaired) electrons. The molecule has 14 heavy (non-hydrogen) atoms. The fraction of sp³-hybridized carbons (Fsp3) is 0.800. The fourth-order valence-corrected chi connectivity index (χ4v) is 1.83. The Labute approximate surface area is 84.5 Å². The molecule has 0 amide bonds. The summed E-state index contributed by atoms with van der Waals surface area (Å²) in [4.78, 5) is 4.51. The lowest BCUT2D eigenvalue weighted by molar-refractivity contribution is 0.431. The highest BCUT2D eigenvalue weighted by Crippen LogP contribution is 2.13. The summed E-state index contributed by atoms with van der Waals surface area (Å²) in [7, 11) is 0. The first-order valence-corrected chi connectivity index (χ1v) is 5.33. The molecule has 2 rings (SSSR count). The third-order valence-electron chi connectivity index (χ3n) is 2.54. The van der Waals surface area contributed by atoms with Gasteiger partial charge in [0.15, 0.2) is 5.82 Å². The van der Waals surface area contributed by atoms with E-state index in [1.807, 2.05) is 4.68 Å².